The summed E-state index contributed by atoms with van der Waals surface area (Å²) in [5, 5.41) is 0. The average Bonchev–Trinajstić information content (AvgIpc) is 3.30. The summed E-state index contributed by atoms with van der Waals surface area (Å²) in [5.41, 5.74) is 2.57. The van der Waals surface area contributed by atoms with E-state index in [1.54, 1.807) is 2.89 Å². The van der Waals surface area contributed by atoms with Gasteiger partial charge in [-0.25, -0.2) is 0 Å². The Morgan fingerprint density at radius 1 is 0.719 bits per heavy atom. The van der Waals surface area contributed by atoms with Crippen LogP contribution < -0.4 is 7.63 Å². The van der Waals surface area contributed by atoms with Gasteiger partial charge in [0.2, 0.25) is 0 Å². The molecule has 1 nitrogen and oxygen atoms in total. The van der Waals surface area contributed by atoms with Crippen LogP contribution >= 0.6 is 11.3 Å². The molecule has 0 aliphatic carbocycles. The zero-order valence-electron chi connectivity index (χ0n) is 20.5. The van der Waals surface area contributed by atoms with Crippen LogP contribution in [0.25, 0.3) is 10.4 Å². The summed E-state index contributed by atoms with van der Waals surface area (Å²) in [4.78, 5) is 1.38. The number of hydrogen-bond acceptors (Lipinski definition) is 2. The molecule has 1 aromatic heterocycles. The summed E-state index contributed by atoms with van der Waals surface area (Å²) >= 11 is -0.306. The van der Waals surface area contributed by atoms with Gasteiger partial charge in [-0.15, -0.1) is 0 Å². The monoisotopic (exact) mass is 556 g/mol. The second-order valence-electron chi connectivity index (χ2n) is 9.12. The molecular weight excluding hydrogens is 515 g/mol. The first-order valence-corrected chi connectivity index (χ1v) is 20.9. The molecule has 3 rings (SSSR count). The van der Waals surface area contributed by atoms with E-state index in [0.29, 0.717) is 0 Å². The molecule has 0 spiro atoms. The zero-order valence-corrected chi connectivity index (χ0v) is 24.1. The number of aryl methyl sites for hydroxylation is 1. The van der Waals surface area contributed by atoms with E-state index in [9.17, 15) is 0 Å². The van der Waals surface area contributed by atoms with E-state index < -0.39 is 18.4 Å². The maximum absolute atomic E-state index is 6.36. The van der Waals surface area contributed by atoms with Crippen molar-refractivity contribution in [2.24, 2.45) is 0 Å². The van der Waals surface area contributed by atoms with Crippen LogP contribution in [-0.4, -0.2) is 18.4 Å². The number of benzene rings is 2. The van der Waals surface area contributed by atoms with Crippen LogP contribution in [0, 0.1) is 6.92 Å². The fourth-order valence-corrected chi connectivity index (χ4v) is 25.0. The molecule has 0 saturated carbocycles. The van der Waals surface area contributed by atoms with E-state index >= 15 is 0 Å². The molecule has 2 aromatic carbocycles. The topological polar surface area (TPSA) is 9.23 Å². The van der Waals surface area contributed by atoms with Gasteiger partial charge in [0.25, 0.3) is 0 Å². The molecule has 0 amide bonds. The van der Waals surface area contributed by atoms with Gasteiger partial charge in [0.05, 0.1) is 0 Å². The molecule has 172 valence electrons. The number of rotatable bonds is 13. The Kier molecular flexibility index (Phi) is 10.2. The Balaban J connectivity index is 1.99. The van der Waals surface area contributed by atoms with E-state index in [0.717, 1.165) is 11.5 Å². The molecule has 0 atom stereocenters. The first-order chi connectivity index (χ1) is 15.6. The average molecular weight is 555 g/mol. The quantitative estimate of drug-likeness (QED) is 0.191. The van der Waals surface area contributed by atoms with Gasteiger partial charge >= 0.3 is 205 Å². The number of para-hydroxylation sites is 1. The van der Waals surface area contributed by atoms with Gasteiger partial charge in [0.15, 0.2) is 0 Å². The number of unbranched alkanes of at least 4 members (excludes halogenated alkanes) is 3. The van der Waals surface area contributed by atoms with Crippen molar-refractivity contribution in [3.8, 4) is 21.9 Å². The predicted molar refractivity (Wildman–Crippen MR) is 146 cm³/mol. The van der Waals surface area contributed by atoms with Crippen molar-refractivity contribution < 1.29 is 4.74 Å². The molecule has 0 fully saturated rings. The van der Waals surface area contributed by atoms with E-state index in [-0.39, 0.29) is 0 Å². The van der Waals surface area contributed by atoms with Crippen LogP contribution in [0.3, 0.4) is 0 Å². The van der Waals surface area contributed by atoms with Crippen molar-refractivity contribution in [2.75, 3.05) is 0 Å². The molecule has 0 unspecified atom stereocenters. The Morgan fingerprint density at radius 3 is 1.94 bits per heavy atom. The van der Waals surface area contributed by atoms with Gasteiger partial charge in [-0.1, -0.05) is 0 Å². The van der Waals surface area contributed by atoms with Crippen molar-refractivity contribution >= 4 is 32.6 Å². The zero-order chi connectivity index (χ0) is 22.8. The molecule has 0 saturated heterocycles. The van der Waals surface area contributed by atoms with Crippen LogP contribution in [-0.2, 0) is 0 Å². The summed E-state index contributed by atoms with van der Waals surface area (Å²) in [5.74, 6) is 1.87. The van der Waals surface area contributed by atoms with E-state index in [1.807, 2.05) is 30.3 Å². The third-order valence-corrected chi connectivity index (χ3v) is 26.0. The second-order valence-corrected chi connectivity index (χ2v) is 24.4. The van der Waals surface area contributed by atoms with Gasteiger partial charge in [0.1, 0.15) is 0 Å². The number of hydrogen-bond donors (Lipinski definition) is 0. The summed E-state index contributed by atoms with van der Waals surface area (Å²) in [6.07, 6.45) is 8.18. The third kappa shape index (κ3) is 6.41. The predicted octanol–water partition coefficient (Wildman–Crippen LogP) is 9.57. The molecule has 32 heavy (non-hydrogen) atoms. The molecule has 0 bridgehead atoms. The van der Waals surface area contributed by atoms with Crippen LogP contribution in [0.15, 0.2) is 60.7 Å². The molecule has 1 heterocycles. The standard InChI is InChI=1S/C17H13OS.3C4H9.Sn/c1-13-7-5-10-15(17(13)16-11-6-12-19-16)18-14-8-3-2-4-9-14;3*1-3-4-2;/h2-11H,1H3;3*1,3-4H2,2H3;. The summed E-state index contributed by atoms with van der Waals surface area (Å²) < 4.78 is 12.7. The summed E-state index contributed by atoms with van der Waals surface area (Å²) in [7, 11) is 0. The Morgan fingerprint density at radius 2 is 1.34 bits per heavy atom. The first-order valence-electron chi connectivity index (χ1n) is 12.6. The molecule has 0 N–H and O–H groups in total. The summed E-state index contributed by atoms with van der Waals surface area (Å²) in [6.45, 7) is 9.29. The molecule has 0 aliphatic rings. The molecule has 3 heteroatoms. The molecule has 3 aromatic rings. The fourth-order valence-electron chi connectivity index (χ4n) is 4.70. The van der Waals surface area contributed by atoms with Crippen molar-refractivity contribution in [1.29, 1.82) is 0 Å². The minimum atomic E-state index is -2.40. The molecular formula is C29H40OSSn. The van der Waals surface area contributed by atoms with E-state index in [2.05, 4.69) is 69.4 Å². The second kappa shape index (κ2) is 12.8. The van der Waals surface area contributed by atoms with Gasteiger partial charge < -0.3 is 0 Å². The van der Waals surface area contributed by atoms with Crippen molar-refractivity contribution in [1.82, 2.24) is 0 Å². The van der Waals surface area contributed by atoms with Gasteiger partial charge in [-0.3, -0.25) is 0 Å². The Hall–Kier alpha value is -1.26. The maximum atomic E-state index is 6.36. The number of thiophene rings is 1. The third-order valence-electron chi connectivity index (χ3n) is 6.61. The van der Waals surface area contributed by atoms with Crippen LogP contribution in [0.4, 0.5) is 0 Å². The first kappa shape index (κ1) is 25.4. The normalized spacial score (nSPS) is 11.6. The van der Waals surface area contributed by atoms with Crippen LogP contribution in [0.5, 0.6) is 11.5 Å². The van der Waals surface area contributed by atoms with Crippen LogP contribution in [0.1, 0.15) is 64.9 Å². The molecule has 0 aliphatic heterocycles. The van der Waals surface area contributed by atoms with Crippen LogP contribution in [0.2, 0.25) is 13.3 Å². The SMILES string of the molecule is CCC[CH2][Sn]([CH2]CCC)([CH2]CCC)[c]1ccc(-c2c(C)cccc2Oc2ccccc2)s1. The van der Waals surface area contributed by atoms with Gasteiger partial charge in [-0.05, 0) is 0 Å². The fraction of sp³-hybridized carbons (Fsp3) is 0.448. The summed E-state index contributed by atoms with van der Waals surface area (Å²) in [6, 6.07) is 21.5. The Labute approximate surface area is 204 Å². The van der Waals surface area contributed by atoms with Crippen molar-refractivity contribution in [2.45, 2.75) is 79.5 Å². The van der Waals surface area contributed by atoms with Crippen molar-refractivity contribution in [3.63, 3.8) is 0 Å². The van der Waals surface area contributed by atoms with E-state index in [1.165, 1.54) is 67.8 Å². The van der Waals surface area contributed by atoms with Gasteiger partial charge in [-0.2, -0.15) is 0 Å². The number of ether oxygens (including phenoxy) is 1. The molecule has 0 radical (unpaired) electrons. The van der Waals surface area contributed by atoms with E-state index in [4.69, 9.17) is 4.74 Å². The van der Waals surface area contributed by atoms with Gasteiger partial charge in [0, 0.05) is 0 Å². The Bertz CT molecular complexity index is 925. The minimum absolute atomic E-state index is 0.901. The van der Waals surface area contributed by atoms with Crippen molar-refractivity contribution in [3.05, 3.63) is 66.2 Å².